The van der Waals surface area contributed by atoms with Crippen molar-refractivity contribution in [2.75, 3.05) is 0 Å². The molecule has 4 heteroatoms. The molecule has 1 amide bonds. The molecule has 4 rings (SSSR count). The lowest BCUT2D eigenvalue weighted by atomic mass is 9.49. The molecule has 118 valence electrons. The largest absolute Gasteiger partial charge is 0.548 e. The molecule has 0 aliphatic heterocycles. The van der Waals surface area contributed by atoms with E-state index in [0.29, 0.717) is 17.8 Å². The summed E-state index contributed by atoms with van der Waals surface area (Å²) < 4.78 is 0. The van der Waals surface area contributed by atoms with Crippen molar-refractivity contribution in [3.63, 3.8) is 0 Å². The van der Waals surface area contributed by atoms with Gasteiger partial charge in [0.25, 0.3) is 0 Å². The fourth-order valence-corrected chi connectivity index (χ4v) is 5.35. The number of hydrogen-bond donors (Lipinski definition) is 1. The summed E-state index contributed by atoms with van der Waals surface area (Å²) in [7, 11) is 0. The van der Waals surface area contributed by atoms with Gasteiger partial charge in [-0.1, -0.05) is 20.3 Å². The van der Waals surface area contributed by atoms with Crippen LogP contribution in [0.5, 0.6) is 0 Å². The van der Waals surface area contributed by atoms with Gasteiger partial charge >= 0.3 is 0 Å². The molecule has 4 aliphatic rings. The van der Waals surface area contributed by atoms with Crippen LogP contribution in [0.2, 0.25) is 0 Å². The van der Waals surface area contributed by atoms with Crippen molar-refractivity contribution in [3.05, 3.63) is 0 Å². The molecule has 0 heterocycles. The Morgan fingerprint density at radius 3 is 2.00 bits per heavy atom. The van der Waals surface area contributed by atoms with Crippen LogP contribution in [-0.2, 0) is 9.59 Å². The van der Waals surface area contributed by atoms with E-state index in [1.165, 1.54) is 19.3 Å². The van der Waals surface area contributed by atoms with Gasteiger partial charge in [-0.2, -0.15) is 0 Å². The van der Waals surface area contributed by atoms with Crippen LogP contribution in [0.25, 0.3) is 0 Å². The van der Waals surface area contributed by atoms with Crippen molar-refractivity contribution >= 4 is 11.9 Å². The van der Waals surface area contributed by atoms with Crippen LogP contribution >= 0.6 is 0 Å². The molecule has 4 aliphatic carbocycles. The highest BCUT2D eigenvalue weighted by atomic mass is 16.4. The number of carboxylic acid groups (broad SMARTS) is 1. The van der Waals surface area contributed by atoms with E-state index in [0.717, 1.165) is 25.7 Å². The molecular formula is C17H26NO3-. The van der Waals surface area contributed by atoms with E-state index in [-0.39, 0.29) is 17.2 Å². The van der Waals surface area contributed by atoms with Crippen LogP contribution in [0.15, 0.2) is 0 Å². The van der Waals surface area contributed by atoms with Crippen molar-refractivity contribution in [3.8, 4) is 0 Å². The number of amides is 1. The van der Waals surface area contributed by atoms with Crippen LogP contribution < -0.4 is 10.4 Å². The highest BCUT2D eigenvalue weighted by Crippen LogP contribution is 2.60. The van der Waals surface area contributed by atoms with E-state index >= 15 is 0 Å². The number of carbonyl (C=O) groups excluding carboxylic acids is 2. The summed E-state index contributed by atoms with van der Waals surface area (Å²) in [6.07, 6.45) is 7.45. The molecule has 21 heavy (non-hydrogen) atoms. The zero-order valence-electron chi connectivity index (χ0n) is 13.1. The van der Waals surface area contributed by atoms with Crippen LogP contribution in [0, 0.1) is 29.1 Å². The van der Waals surface area contributed by atoms with E-state index in [9.17, 15) is 14.7 Å². The van der Waals surface area contributed by atoms with Gasteiger partial charge in [0.1, 0.15) is 0 Å². The van der Waals surface area contributed by atoms with E-state index in [4.69, 9.17) is 0 Å². The SMILES string of the molecule is CC[C@H](C)[C@H](NC(=O)C12CC3CC(CC(C3)C1)C2)C(=O)[O-]. The minimum atomic E-state index is -1.15. The lowest BCUT2D eigenvalue weighted by Crippen LogP contribution is -2.59. The third-order valence-corrected chi connectivity index (χ3v) is 6.27. The fraction of sp³-hybridized carbons (Fsp3) is 0.882. The maximum atomic E-state index is 12.8. The summed E-state index contributed by atoms with van der Waals surface area (Å²) in [4.78, 5) is 24.2. The van der Waals surface area contributed by atoms with Crippen molar-refractivity contribution in [2.45, 2.75) is 64.8 Å². The molecule has 0 radical (unpaired) electrons. The zero-order valence-corrected chi connectivity index (χ0v) is 13.1. The average molecular weight is 292 g/mol. The molecule has 1 N–H and O–H groups in total. The Labute approximate surface area is 126 Å². The molecule has 0 aromatic carbocycles. The third-order valence-electron chi connectivity index (χ3n) is 6.27. The van der Waals surface area contributed by atoms with Crippen LogP contribution in [-0.4, -0.2) is 17.9 Å². The van der Waals surface area contributed by atoms with Gasteiger partial charge in [0, 0.05) is 5.41 Å². The molecule has 4 nitrogen and oxygen atoms in total. The number of carboxylic acids is 1. The number of aliphatic carboxylic acids is 1. The normalized spacial score (nSPS) is 39.8. The zero-order chi connectivity index (χ0) is 15.2. The van der Waals surface area contributed by atoms with Crippen LogP contribution in [0.1, 0.15) is 58.8 Å². The fourth-order valence-electron chi connectivity index (χ4n) is 5.35. The Morgan fingerprint density at radius 1 is 1.14 bits per heavy atom. The summed E-state index contributed by atoms with van der Waals surface area (Å²) in [5.41, 5.74) is -0.282. The number of nitrogens with one attached hydrogen (secondary N) is 1. The van der Waals surface area contributed by atoms with Crippen molar-refractivity contribution in [1.29, 1.82) is 0 Å². The Hall–Kier alpha value is -1.06. The second kappa shape index (κ2) is 5.29. The lowest BCUT2D eigenvalue weighted by molar-refractivity contribution is -0.309. The van der Waals surface area contributed by atoms with Crippen molar-refractivity contribution < 1.29 is 14.7 Å². The van der Waals surface area contributed by atoms with E-state index in [1.54, 1.807) is 0 Å². The van der Waals surface area contributed by atoms with E-state index in [2.05, 4.69) is 5.32 Å². The molecule has 0 aromatic heterocycles. The number of rotatable bonds is 5. The average Bonchev–Trinajstić information content (AvgIpc) is 2.41. The Morgan fingerprint density at radius 2 is 1.62 bits per heavy atom. The summed E-state index contributed by atoms with van der Waals surface area (Å²) >= 11 is 0. The van der Waals surface area contributed by atoms with Gasteiger partial charge in [-0.3, -0.25) is 4.79 Å². The van der Waals surface area contributed by atoms with Gasteiger partial charge < -0.3 is 15.2 Å². The predicted octanol–water partition coefficient (Wildman–Crippen LogP) is 1.48. The van der Waals surface area contributed by atoms with Gasteiger partial charge in [-0.25, -0.2) is 0 Å². The maximum Gasteiger partial charge on any atom is 0.226 e. The first kappa shape index (κ1) is 14.9. The Balaban J connectivity index is 1.74. The molecule has 4 fully saturated rings. The lowest BCUT2D eigenvalue weighted by Gasteiger charge is -2.56. The quantitative estimate of drug-likeness (QED) is 0.834. The second-order valence-corrected chi connectivity index (χ2v) is 7.85. The molecule has 4 saturated carbocycles. The van der Waals surface area contributed by atoms with Crippen LogP contribution in [0.3, 0.4) is 0 Å². The summed E-state index contributed by atoms with van der Waals surface area (Å²) in [5.74, 6) is 0.803. The van der Waals surface area contributed by atoms with Gasteiger partial charge in [-0.15, -0.1) is 0 Å². The van der Waals surface area contributed by atoms with Gasteiger partial charge in [-0.05, 0) is 62.2 Å². The van der Waals surface area contributed by atoms with Gasteiger partial charge in [0.15, 0.2) is 0 Å². The standard InChI is InChI=1S/C17H27NO3/c1-3-10(2)14(15(19)20)18-16(21)17-7-11-4-12(8-17)6-13(5-11)9-17/h10-14H,3-9H2,1-2H3,(H,18,21)(H,19,20)/p-1/t10-,11?,12?,13?,14-,17?/m0/s1. The minimum Gasteiger partial charge on any atom is -0.548 e. The maximum absolute atomic E-state index is 12.8. The minimum absolute atomic E-state index is 0.0175. The highest BCUT2D eigenvalue weighted by molar-refractivity contribution is 5.87. The summed E-state index contributed by atoms with van der Waals surface area (Å²) in [6.45, 7) is 3.80. The summed E-state index contributed by atoms with van der Waals surface area (Å²) in [6, 6.07) is -0.851. The third kappa shape index (κ3) is 2.58. The topological polar surface area (TPSA) is 69.2 Å². The molecule has 0 saturated heterocycles. The molecule has 0 aromatic rings. The molecule has 0 unspecified atom stereocenters. The summed E-state index contributed by atoms with van der Waals surface area (Å²) in [5, 5.41) is 14.2. The van der Waals surface area contributed by atoms with E-state index < -0.39 is 12.0 Å². The molecule has 0 spiro atoms. The van der Waals surface area contributed by atoms with Gasteiger partial charge in [0.2, 0.25) is 5.91 Å². The highest BCUT2D eigenvalue weighted by Gasteiger charge is 2.54. The Bertz CT molecular complexity index is 410. The van der Waals surface area contributed by atoms with E-state index in [1.807, 2.05) is 13.8 Å². The first-order valence-electron chi connectivity index (χ1n) is 8.45. The molecular weight excluding hydrogens is 266 g/mol. The molecule has 2 atom stereocenters. The van der Waals surface area contributed by atoms with Crippen LogP contribution in [0.4, 0.5) is 0 Å². The molecule has 4 bridgehead atoms. The number of carbonyl (C=O) groups is 2. The van der Waals surface area contributed by atoms with Crippen molar-refractivity contribution in [1.82, 2.24) is 5.32 Å². The number of hydrogen-bond acceptors (Lipinski definition) is 3. The first-order chi connectivity index (χ1) is 9.93. The second-order valence-electron chi connectivity index (χ2n) is 7.85. The Kier molecular flexibility index (Phi) is 3.74. The first-order valence-corrected chi connectivity index (χ1v) is 8.45. The van der Waals surface area contributed by atoms with Crippen molar-refractivity contribution in [2.24, 2.45) is 29.1 Å². The predicted molar refractivity (Wildman–Crippen MR) is 77.0 cm³/mol. The smallest absolute Gasteiger partial charge is 0.226 e. The van der Waals surface area contributed by atoms with Gasteiger partial charge in [0.05, 0.1) is 12.0 Å². The monoisotopic (exact) mass is 292 g/mol.